The highest BCUT2D eigenvalue weighted by Gasteiger charge is 2.35. The topological polar surface area (TPSA) is 21.6 Å². The van der Waals surface area contributed by atoms with Gasteiger partial charge in [-0.15, -0.1) is 0 Å². The molecule has 0 aromatic heterocycles. The molecule has 1 unspecified atom stereocenters. The lowest BCUT2D eigenvalue weighted by atomic mass is 9.76. The first-order valence-electron chi connectivity index (χ1n) is 8.51. The number of allylic oxidation sites excluding steroid dienone is 3. The Kier molecular flexibility index (Phi) is 3.69. The summed E-state index contributed by atoms with van der Waals surface area (Å²) in [4.78, 5) is 4.95. The largest absolute Gasteiger partial charge is 0.497 e. The Morgan fingerprint density at radius 1 is 1.08 bits per heavy atom. The Balaban J connectivity index is 1.88. The molecule has 124 valence electrons. The normalized spacial score (nSPS) is 18.3. The quantitative estimate of drug-likeness (QED) is 0.717. The first kappa shape index (κ1) is 15.6. The molecule has 4 rings (SSSR count). The molecule has 2 aromatic rings. The summed E-state index contributed by atoms with van der Waals surface area (Å²) >= 11 is 0. The van der Waals surface area contributed by atoms with Gasteiger partial charge in [-0.25, -0.2) is 0 Å². The Bertz CT molecular complexity index is 958. The second-order valence-corrected chi connectivity index (χ2v) is 6.58. The number of fused-ring (bicyclic) bond motifs is 3. The molecule has 0 saturated heterocycles. The van der Waals surface area contributed by atoms with Crippen LogP contribution in [0.5, 0.6) is 5.75 Å². The molecule has 25 heavy (non-hydrogen) atoms. The van der Waals surface area contributed by atoms with Gasteiger partial charge in [0.15, 0.2) is 0 Å². The molecule has 0 bridgehead atoms. The average molecular weight is 327 g/mol. The van der Waals surface area contributed by atoms with Crippen LogP contribution in [0.15, 0.2) is 70.9 Å². The van der Waals surface area contributed by atoms with Crippen LogP contribution in [0.1, 0.15) is 42.0 Å². The highest BCUT2D eigenvalue weighted by Crippen LogP contribution is 2.46. The Morgan fingerprint density at radius 2 is 1.84 bits per heavy atom. The van der Waals surface area contributed by atoms with Crippen molar-refractivity contribution in [3.05, 3.63) is 88.1 Å². The maximum atomic E-state index is 5.29. The third-order valence-corrected chi connectivity index (χ3v) is 5.08. The van der Waals surface area contributed by atoms with Crippen molar-refractivity contribution in [2.45, 2.75) is 19.8 Å². The number of hydrogen-bond donors (Lipinski definition) is 0. The Labute approximate surface area is 148 Å². The minimum absolute atomic E-state index is 0.188. The van der Waals surface area contributed by atoms with Crippen molar-refractivity contribution in [2.24, 2.45) is 4.99 Å². The minimum Gasteiger partial charge on any atom is -0.497 e. The molecule has 0 N–H and O–H groups in total. The van der Waals surface area contributed by atoms with Gasteiger partial charge < -0.3 is 4.74 Å². The van der Waals surface area contributed by atoms with E-state index < -0.39 is 0 Å². The monoisotopic (exact) mass is 327 g/mol. The second-order valence-electron chi connectivity index (χ2n) is 6.58. The first-order chi connectivity index (χ1) is 12.1. The van der Waals surface area contributed by atoms with Crippen molar-refractivity contribution in [1.82, 2.24) is 0 Å². The van der Waals surface area contributed by atoms with E-state index in [0.717, 1.165) is 28.3 Å². The number of ether oxygens (including phenoxy) is 1. The van der Waals surface area contributed by atoms with Gasteiger partial charge in [0.2, 0.25) is 0 Å². The third kappa shape index (κ3) is 2.45. The SMILES string of the molecule is C=Cc1ccc2c(c1)C1C(c3ccc(OC)cc3)=NC(C)=C1C(C)=C2. The zero-order valence-corrected chi connectivity index (χ0v) is 14.8. The van der Waals surface area contributed by atoms with Gasteiger partial charge in [-0.3, -0.25) is 4.99 Å². The van der Waals surface area contributed by atoms with Gasteiger partial charge in [0, 0.05) is 5.70 Å². The summed E-state index contributed by atoms with van der Waals surface area (Å²) in [6.07, 6.45) is 4.17. The number of rotatable bonds is 3. The molecule has 0 fully saturated rings. The van der Waals surface area contributed by atoms with Crippen LogP contribution in [-0.4, -0.2) is 12.8 Å². The van der Waals surface area contributed by atoms with Crippen LogP contribution in [0.25, 0.3) is 12.2 Å². The van der Waals surface area contributed by atoms with Crippen molar-refractivity contribution >= 4 is 17.9 Å². The zero-order chi connectivity index (χ0) is 17.6. The second kappa shape index (κ2) is 5.89. The van der Waals surface area contributed by atoms with E-state index in [0.29, 0.717) is 0 Å². The summed E-state index contributed by atoms with van der Waals surface area (Å²) in [6.45, 7) is 8.21. The number of benzene rings is 2. The smallest absolute Gasteiger partial charge is 0.118 e. The fraction of sp³-hybridized carbons (Fsp3) is 0.174. The van der Waals surface area contributed by atoms with Gasteiger partial charge in [0.1, 0.15) is 5.75 Å². The fourth-order valence-corrected chi connectivity index (χ4v) is 3.87. The first-order valence-corrected chi connectivity index (χ1v) is 8.51. The molecule has 0 radical (unpaired) electrons. The summed E-state index contributed by atoms with van der Waals surface area (Å²) in [5.74, 6) is 1.05. The molecule has 0 amide bonds. The van der Waals surface area contributed by atoms with E-state index in [1.807, 2.05) is 18.2 Å². The van der Waals surface area contributed by atoms with Gasteiger partial charge in [-0.1, -0.05) is 36.9 Å². The standard InChI is InChI=1S/C23H21NO/c1-5-16-6-7-18-12-14(2)21-15(3)24-23(22(21)20(18)13-16)17-8-10-19(25-4)11-9-17/h5-13,22H,1H2,2-4H3. The van der Waals surface area contributed by atoms with E-state index in [-0.39, 0.29) is 5.92 Å². The van der Waals surface area contributed by atoms with Crippen LogP contribution in [0.4, 0.5) is 0 Å². The molecule has 1 aliphatic carbocycles. The number of methoxy groups -OCH3 is 1. The zero-order valence-electron chi connectivity index (χ0n) is 14.8. The van der Waals surface area contributed by atoms with Crippen LogP contribution in [0.2, 0.25) is 0 Å². The van der Waals surface area contributed by atoms with E-state index in [9.17, 15) is 0 Å². The molecular formula is C23H21NO. The minimum atomic E-state index is 0.188. The lowest BCUT2D eigenvalue weighted by molar-refractivity contribution is 0.415. The van der Waals surface area contributed by atoms with E-state index in [4.69, 9.17) is 9.73 Å². The molecule has 2 aliphatic rings. The van der Waals surface area contributed by atoms with Gasteiger partial charge in [-0.2, -0.15) is 0 Å². The molecule has 1 aliphatic heterocycles. The number of hydrogen-bond acceptors (Lipinski definition) is 2. The highest BCUT2D eigenvalue weighted by atomic mass is 16.5. The van der Waals surface area contributed by atoms with E-state index in [2.05, 4.69) is 56.8 Å². The molecule has 2 nitrogen and oxygen atoms in total. The van der Waals surface area contributed by atoms with E-state index in [1.165, 1.54) is 22.3 Å². The van der Waals surface area contributed by atoms with Crippen LogP contribution < -0.4 is 4.74 Å². The summed E-state index contributed by atoms with van der Waals surface area (Å²) in [7, 11) is 1.69. The molecule has 1 atom stereocenters. The summed E-state index contributed by atoms with van der Waals surface area (Å²) in [6, 6.07) is 14.7. The predicted octanol–water partition coefficient (Wildman–Crippen LogP) is 5.62. The summed E-state index contributed by atoms with van der Waals surface area (Å²) < 4.78 is 5.29. The van der Waals surface area contributed by atoms with Gasteiger partial charge in [0.05, 0.1) is 18.7 Å². The lowest BCUT2D eigenvalue weighted by Gasteiger charge is -2.26. The summed E-state index contributed by atoms with van der Waals surface area (Å²) in [5, 5.41) is 0. The van der Waals surface area contributed by atoms with Crippen molar-refractivity contribution in [2.75, 3.05) is 7.11 Å². The Hall–Kier alpha value is -2.87. The number of aliphatic imine (C=N–C) groups is 1. The molecule has 0 spiro atoms. The molecule has 1 heterocycles. The average Bonchev–Trinajstić information content (AvgIpc) is 3.00. The summed E-state index contributed by atoms with van der Waals surface area (Å²) in [5.41, 5.74) is 9.73. The molecule has 2 heteroatoms. The molecular weight excluding hydrogens is 306 g/mol. The molecule has 2 aromatic carbocycles. The van der Waals surface area contributed by atoms with Gasteiger partial charge in [-0.05, 0) is 71.5 Å². The van der Waals surface area contributed by atoms with Crippen LogP contribution >= 0.6 is 0 Å². The predicted molar refractivity (Wildman–Crippen MR) is 105 cm³/mol. The van der Waals surface area contributed by atoms with Crippen LogP contribution in [-0.2, 0) is 0 Å². The van der Waals surface area contributed by atoms with Gasteiger partial charge >= 0.3 is 0 Å². The van der Waals surface area contributed by atoms with Crippen molar-refractivity contribution in [3.8, 4) is 5.75 Å². The lowest BCUT2D eigenvalue weighted by Crippen LogP contribution is -2.17. The maximum Gasteiger partial charge on any atom is 0.118 e. The van der Waals surface area contributed by atoms with E-state index >= 15 is 0 Å². The van der Waals surface area contributed by atoms with Crippen molar-refractivity contribution < 1.29 is 4.74 Å². The number of nitrogens with zero attached hydrogens (tertiary/aromatic N) is 1. The van der Waals surface area contributed by atoms with Crippen molar-refractivity contribution in [1.29, 1.82) is 0 Å². The van der Waals surface area contributed by atoms with E-state index in [1.54, 1.807) is 7.11 Å². The molecule has 0 saturated carbocycles. The highest BCUT2D eigenvalue weighted by molar-refractivity contribution is 6.11. The maximum absolute atomic E-state index is 5.29. The van der Waals surface area contributed by atoms with Gasteiger partial charge in [0.25, 0.3) is 0 Å². The third-order valence-electron chi connectivity index (χ3n) is 5.08. The fourth-order valence-electron chi connectivity index (χ4n) is 3.87. The van der Waals surface area contributed by atoms with Crippen molar-refractivity contribution in [3.63, 3.8) is 0 Å². The Morgan fingerprint density at radius 3 is 2.52 bits per heavy atom. The van der Waals surface area contributed by atoms with Crippen LogP contribution in [0.3, 0.4) is 0 Å². The van der Waals surface area contributed by atoms with Crippen LogP contribution in [0, 0.1) is 0 Å².